The van der Waals surface area contributed by atoms with Gasteiger partial charge in [-0.05, 0) is 43.8 Å². The summed E-state index contributed by atoms with van der Waals surface area (Å²) >= 11 is 3.56. The fourth-order valence-electron chi connectivity index (χ4n) is 2.77. The second-order valence-corrected chi connectivity index (χ2v) is 5.56. The Balaban J connectivity index is 0.000000722. The molecule has 0 spiro atoms. The monoisotopic (exact) mass is 338 g/mol. The van der Waals surface area contributed by atoms with Gasteiger partial charge >= 0.3 is 0 Å². The van der Waals surface area contributed by atoms with E-state index >= 15 is 0 Å². The standard InChI is InChI=1S/C12H15BrN2.2ClH/c1-15-5-4-12-10(7-15)9-6-8(13)2-3-11(9)14-12;;/h2-3,6,10,12,14H,4-5,7H2,1H3;2*1H. The summed E-state index contributed by atoms with van der Waals surface area (Å²) in [7, 11) is 2.21. The maximum atomic E-state index is 3.64. The van der Waals surface area contributed by atoms with E-state index in [1.807, 2.05) is 0 Å². The number of rotatable bonds is 0. The third-order valence-electron chi connectivity index (χ3n) is 3.57. The van der Waals surface area contributed by atoms with Gasteiger partial charge in [-0.15, -0.1) is 24.8 Å². The normalized spacial score (nSPS) is 26.0. The Morgan fingerprint density at radius 2 is 2.12 bits per heavy atom. The van der Waals surface area contributed by atoms with E-state index < -0.39 is 0 Å². The van der Waals surface area contributed by atoms with Gasteiger partial charge in [0.05, 0.1) is 0 Å². The molecule has 2 aliphatic rings. The van der Waals surface area contributed by atoms with Crippen molar-refractivity contribution in [2.24, 2.45) is 0 Å². The van der Waals surface area contributed by atoms with Crippen LogP contribution >= 0.6 is 40.7 Å². The molecule has 96 valence electrons. The first-order valence-electron chi connectivity index (χ1n) is 5.48. The average molecular weight is 340 g/mol. The van der Waals surface area contributed by atoms with E-state index in [1.54, 1.807) is 0 Å². The lowest BCUT2D eigenvalue weighted by Crippen LogP contribution is -2.39. The van der Waals surface area contributed by atoms with Crippen molar-refractivity contribution in [1.29, 1.82) is 0 Å². The van der Waals surface area contributed by atoms with Gasteiger partial charge < -0.3 is 10.2 Å². The molecule has 1 aromatic rings. The van der Waals surface area contributed by atoms with Crippen molar-refractivity contribution in [3.63, 3.8) is 0 Å². The molecule has 0 aliphatic carbocycles. The number of hydrogen-bond donors (Lipinski definition) is 1. The smallest absolute Gasteiger partial charge is 0.0380 e. The molecule has 2 atom stereocenters. The Labute approximate surface area is 123 Å². The highest BCUT2D eigenvalue weighted by molar-refractivity contribution is 9.10. The molecule has 2 unspecified atom stereocenters. The Morgan fingerprint density at radius 3 is 2.88 bits per heavy atom. The molecular weight excluding hydrogens is 323 g/mol. The van der Waals surface area contributed by atoms with E-state index in [2.05, 4.69) is 51.4 Å². The topological polar surface area (TPSA) is 15.3 Å². The zero-order chi connectivity index (χ0) is 10.4. The quantitative estimate of drug-likeness (QED) is 0.778. The van der Waals surface area contributed by atoms with Crippen molar-refractivity contribution in [3.05, 3.63) is 28.2 Å². The highest BCUT2D eigenvalue weighted by Gasteiger charge is 2.35. The Morgan fingerprint density at radius 1 is 1.35 bits per heavy atom. The van der Waals surface area contributed by atoms with Crippen LogP contribution in [-0.4, -0.2) is 31.1 Å². The minimum Gasteiger partial charge on any atom is -0.381 e. The Kier molecular flexibility index (Phi) is 5.14. The van der Waals surface area contributed by atoms with Crippen LogP contribution in [0.5, 0.6) is 0 Å². The molecule has 1 N–H and O–H groups in total. The lowest BCUT2D eigenvalue weighted by molar-refractivity contribution is 0.243. The first kappa shape index (κ1) is 15.1. The van der Waals surface area contributed by atoms with Crippen LogP contribution in [0.25, 0.3) is 0 Å². The van der Waals surface area contributed by atoms with E-state index in [0.717, 1.165) is 0 Å². The van der Waals surface area contributed by atoms with Gasteiger partial charge in [0, 0.05) is 28.7 Å². The number of likely N-dealkylation sites (N-methyl/N-ethyl adjacent to an activating group) is 1. The summed E-state index contributed by atoms with van der Waals surface area (Å²) in [6.45, 7) is 2.39. The molecule has 1 aromatic carbocycles. The summed E-state index contributed by atoms with van der Waals surface area (Å²) in [6, 6.07) is 7.24. The number of halogens is 3. The number of piperidine rings is 1. The molecule has 3 rings (SSSR count). The largest absolute Gasteiger partial charge is 0.381 e. The first-order chi connectivity index (χ1) is 7.24. The second-order valence-electron chi connectivity index (χ2n) is 4.64. The fourth-order valence-corrected chi connectivity index (χ4v) is 3.15. The van der Waals surface area contributed by atoms with Crippen LogP contribution in [0.3, 0.4) is 0 Å². The van der Waals surface area contributed by atoms with E-state index in [0.29, 0.717) is 12.0 Å². The van der Waals surface area contributed by atoms with Crippen LogP contribution in [-0.2, 0) is 0 Å². The van der Waals surface area contributed by atoms with Crippen LogP contribution in [0.1, 0.15) is 17.9 Å². The summed E-state index contributed by atoms with van der Waals surface area (Å²) in [6.07, 6.45) is 1.26. The molecule has 0 aromatic heterocycles. The van der Waals surface area contributed by atoms with Gasteiger partial charge in [0.1, 0.15) is 0 Å². The summed E-state index contributed by atoms with van der Waals surface area (Å²) in [5.41, 5.74) is 2.82. The molecule has 0 bridgehead atoms. The predicted octanol–water partition coefficient (Wildman–Crippen LogP) is 3.51. The van der Waals surface area contributed by atoms with Crippen molar-refractivity contribution in [2.75, 3.05) is 25.5 Å². The zero-order valence-corrected chi connectivity index (χ0v) is 12.9. The molecule has 2 nitrogen and oxygen atoms in total. The maximum absolute atomic E-state index is 3.64. The Hall–Kier alpha value is 0.0400. The van der Waals surface area contributed by atoms with Crippen LogP contribution in [0.2, 0.25) is 0 Å². The highest BCUT2D eigenvalue weighted by Crippen LogP contribution is 2.40. The van der Waals surface area contributed by atoms with E-state index in [4.69, 9.17) is 0 Å². The van der Waals surface area contributed by atoms with E-state index in [9.17, 15) is 0 Å². The fraction of sp³-hybridized carbons (Fsp3) is 0.500. The van der Waals surface area contributed by atoms with E-state index in [1.165, 1.54) is 35.2 Å². The number of likely N-dealkylation sites (tertiary alicyclic amines) is 1. The van der Waals surface area contributed by atoms with Crippen LogP contribution in [0.15, 0.2) is 22.7 Å². The van der Waals surface area contributed by atoms with Gasteiger partial charge in [-0.3, -0.25) is 0 Å². The first-order valence-corrected chi connectivity index (χ1v) is 6.28. The molecular formula is C12H17BrCl2N2. The summed E-state index contributed by atoms with van der Waals surface area (Å²) in [5, 5.41) is 3.64. The number of benzene rings is 1. The molecule has 0 saturated carbocycles. The molecule has 17 heavy (non-hydrogen) atoms. The lowest BCUT2D eigenvalue weighted by atomic mass is 9.90. The van der Waals surface area contributed by atoms with Gasteiger partial charge in [0.2, 0.25) is 0 Å². The SMILES string of the molecule is CN1CCC2Nc3ccc(Br)cc3C2C1.Cl.Cl. The Bertz CT molecular complexity index is 400. The second kappa shape index (κ2) is 5.79. The van der Waals surface area contributed by atoms with Gasteiger partial charge in [-0.25, -0.2) is 0 Å². The van der Waals surface area contributed by atoms with Crippen molar-refractivity contribution in [3.8, 4) is 0 Å². The number of fused-ring (bicyclic) bond motifs is 3. The highest BCUT2D eigenvalue weighted by atomic mass is 79.9. The van der Waals surface area contributed by atoms with Crippen LogP contribution in [0, 0.1) is 0 Å². The third kappa shape index (κ3) is 2.73. The molecule has 1 fully saturated rings. The molecule has 2 heterocycles. The molecule has 0 amide bonds. The average Bonchev–Trinajstić information content (AvgIpc) is 2.56. The van der Waals surface area contributed by atoms with Crippen molar-refractivity contribution < 1.29 is 0 Å². The zero-order valence-electron chi connectivity index (χ0n) is 9.65. The summed E-state index contributed by atoms with van der Waals surface area (Å²) in [5.74, 6) is 0.677. The van der Waals surface area contributed by atoms with Gasteiger partial charge in [-0.1, -0.05) is 15.9 Å². The van der Waals surface area contributed by atoms with Crippen molar-refractivity contribution in [2.45, 2.75) is 18.4 Å². The molecule has 2 aliphatic heterocycles. The number of nitrogens with one attached hydrogen (secondary N) is 1. The minimum atomic E-state index is 0. The molecule has 5 heteroatoms. The van der Waals surface area contributed by atoms with Gasteiger partial charge in [0.25, 0.3) is 0 Å². The molecule has 0 radical (unpaired) electrons. The lowest BCUT2D eigenvalue weighted by Gasteiger charge is -2.32. The van der Waals surface area contributed by atoms with Crippen molar-refractivity contribution >= 4 is 46.4 Å². The van der Waals surface area contributed by atoms with Crippen LogP contribution in [0.4, 0.5) is 5.69 Å². The van der Waals surface area contributed by atoms with Crippen molar-refractivity contribution in [1.82, 2.24) is 4.90 Å². The summed E-state index contributed by atoms with van der Waals surface area (Å²) in [4.78, 5) is 2.43. The molecule has 1 saturated heterocycles. The number of nitrogens with zero attached hydrogens (tertiary/aromatic N) is 1. The third-order valence-corrected chi connectivity index (χ3v) is 4.06. The van der Waals surface area contributed by atoms with E-state index in [-0.39, 0.29) is 24.8 Å². The minimum absolute atomic E-state index is 0. The van der Waals surface area contributed by atoms with Gasteiger partial charge in [0.15, 0.2) is 0 Å². The maximum Gasteiger partial charge on any atom is 0.0380 e. The summed E-state index contributed by atoms with van der Waals surface area (Å²) < 4.78 is 1.19. The number of anilines is 1. The predicted molar refractivity (Wildman–Crippen MR) is 80.9 cm³/mol. The van der Waals surface area contributed by atoms with Gasteiger partial charge in [-0.2, -0.15) is 0 Å². The van der Waals surface area contributed by atoms with Crippen LogP contribution < -0.4 is 5.32 Å². The number of hydrogen-bond acceptors (Lipinski definition) is 2.